The van der Waals surface area contributed by atoms with Gasteiger partial charge >= 0.3 is 0 Å². The Kier molecular flexibility index (Phi) is 10.2. The van der Waals surface area contributed by atoms with Crippen molar-refractivity contribution in [2.75, 3.05) is 0 Å². The van der Waals surface area contributed by atoms with Crippen LogP contribution < -0.4 is 0 Å². The van der Waals surface area contributed by atoms with Crippen molar-refractivity contribution in [2.24, 2.45) is 0 Å². The van der Waals surface area contributed by atoms with Gasteiger partial charge in [-0.15, -0.1) is 71.3 Å². The Morgan fingerprint density at radius 1 is 0.383 bits per heavy atom. The van der Waals surface area contributed by atoms with E-state index in [4.69, 9.17) is 4.98 Å². The quantitative estimate of drug-likeness (QED) is 0.163. The molecule has 1 radical (unpaired) electrons. The van der Waals surface area contributed by atoms with Gasteiger partial charge in [-0.25, -0.2) is 0 Å². The Labute approximate surface area is 289 Å². The van der Waals surface area contributed by atoms with Crippen LogP contribution in [0.1, 0.15) is 0 Å². The van der Waals surface area contributed by atoms with Crippen LogP contribution in [0.2, 0.25) is 0 Å². The SMILES string of the molecule is [Ir].[c-]1ccc(-c2ccccc2)cc1-c1ccc2ccccc2n1.[c-]1ccccc1-c1cc(-c2ccc(-c3ccccc3)cc2)ccn1. The Morgan fingerprint density at radius 2 is 0.979 bits per heavy atom. The molecular weight excluding hydrogens is 749 g/mol. The van der Waals surface area contributed by atoms with Gasteiger partial charge in [-0.1, -0.05) is 121 Å². The molecule has 0 aliphatic heterocycles. The normalized spacial score (nSPS) is 10.4. The topological polar surface area (TPSA) is 25.8 Å². The molecule has 47 heavy (non-hydrogen) atoms. The molecule has 0 aliphatic rings. The van der Waals surface area contributed by atoms with Crippen LogP contribution in [0.25, 0.3) is 66.8 Å². The predicted molar refractivity (Wildman–Crippen MR) is 191 cm³/mol. The molecule has 0 bridgehead atoms. The van der Waals surface area contributed by atoms with Crippen molar-refractivity contribution in [1.29, 1.82) is 0 Å². The first-order chi connectivity index (χ1) is 22.8. The van der Waals surface area contributed by atoms with E-state index in [1.807, 2.05) is 72.9 Å². The molecule has 0 saturated carbocycles. The Hall–Kier alpha value is -5.47. The number of fused-ring (bicyclic) bond motifs is 1. The molecule has 0 spiro atoms. The summed E-state index contributed by atoms with van der Waals surface area (Å²) in [6.07, 6.45) is 1.86. The van der Waals surface area contributed by atoms with Gasteiger partial charge in [0.1, 0.15) is 0 Å². The summed E-state index contributed by atoms with van der Waals surface area (Å²) in [5, 5.41) is 1.16. The van der Waals surface area contributed by atoms with Crippen LogP contribution in [0.15, 0.2) is 182 Å². The largest absolute Gasteiger partial charge is 0.305 e. The number of pyridine rings is 2. The third kappa shape index (κ3) is 7.68. The van der Waals surface area contributed by atoms with Crippen LogP contribution in [0.5, 0.6) is 0 Å². The van der Waals surface area contributed by atoms with Gasteiger partial charge in [0.2, 0.25) is 0 Å². The standard InChI is InChI=1S/C23H16N.C21H14N.Ir/c1-3-7-18(8-4-1)19-11-13-20(14-12-19)22-15-16-24-23(17-22)21-9-5-2-6-10-21;1-2-7-16(8-3-1)18-10-6-11-19(15-18)21-14-13-17-9-4-5-12-20(17)22-21;/h1-9,11-17H;1-10,12-15H;/q2*-1;. The Morgan fingerprint density at radius 3 is 1.70 bits per heavy atom. The van der Waals surface area contributed by atoms with Crippen molar-refractivity contribution in [3.05, 3.63) is 194 Å². The molecule has 8 aromatic rings. The fourth-order valence-corrected chi connectivity index (χ4v) is 5.44. The van der Waals surface area contributed by atoms with Crippen LogP contribution in [0.4, 0.5) is 0 Å². The average Bonchev–Trinajstić information content (AvgIpc) is 3.16. The first-order valence-electron chi connectivity index (χ1n) is 15.3. The van der Waals surface area contributed by atoms with E-state index in [2.05, 4.69) is 126 Å². The van der Waals surface area contributed by atoms with E-state index < -0.39 is 0 Å². The van der Waals surface area contributed by atoms with Crippen molar-refractivity contribution in [3.8, 4) is 55.9 Å². The van der Waals surface area contributed by atoms with Crippen LogP contribution in [-0.4, -0.2) is 9.97 Å². The summed E-state index contributed by atoms with van der Waals surface area (Å²) >= 11 is 0. The summed E-state index contributed by atoms with van der Waals surface area (Å²) in [6, 6.07) is 66.6. The van der Waals surface area contributed by atoms with Gasteiger partial charge in [0.25, 0.3) is 0 Å². The summed E-state index contributed by atoms with van der Waals surface area (Å²) in [6.45, 7) is 0. The first kappa shape index (κ1) is 31.5. The number of benzene rings is 6. The molecule has 8 rings (SSSR count). The van der Waals surface area contributed by atoms with E-state index in [1.165, 1.54) is 27.8 Å². The third-order valence-electron chi connectivity index (χ3n) is 7.85. The number of para-hydroxylation sites is 1. The van der Waals surface area contributed by atoms with Crippen molar-refractivity contribution in [3.63, 3.8) is 0 Å². The molecule has 0 unspecified atom stereocenters. The molecule has 0 fully saturated rings. The Balaban J connectivity index is 0.000000161. The summed E-state index contributed by atoms with van der Waals surface area (Å²) in [4.78, 5) is 9.22. The zero-order valence-corrected chi connectivity index (χ0v) is 27.9. The van der Waals surface area contributed by atoms with Gasteiger partial charge in [-0.05, 0) is 56.7 Å². The van der Waals surface area contributed by atoms with Crippen LogP contribution in [-0.2, 0) is 20.1 Å². The van der Waals surface area contributed by atoms with E-state index in [0.29, 0.717) is 0 Å². The average molecular weight is 779 g/mol. The second-order valence-corrected chi connectivity index (χ2v) is 10.9. The minimum atomic E-state index is 0. The predicted octanol–water partition coefficient (Wildman–Crippen LogP) is 11.2. The van der Waals surface area contributed by atoms with Crippen molar-refractivity contribution in [1.82, 2.24) is 9.97 Å². The van der Waals surface area contributed by atoms with Crippen molar-refractivity contribution >= 4 is 10.9 Å². The molecule has 6 aromatic carbocycles. The maximum Gasteiger partial charge on any atom is 0.0595 e. The number of hydrogen-bond acceptors (Lipinski definition) is 2. The zero-order valence-electron chi connectivity index (χ0n) is 25.5. The van der Waals surface area contributed by atoms with E-state index in [1.54, 1.807) is 0 Å². The molecule has 2 heterocycles. The molecular formula is C44H30IrN2-2. The maximum absolute atomic E-state index is 4.75. The molecule has 3 heteroatoms. The van der Waals surface area contributed by atoms with Gasteiger partial charge in [0, 0.05) is 26.3 Å². The molecule has 0 amide bonds. The third-order valence-corrected chi connectivity index (χ3v) is 7.85. The fraction of sp³-hybridized carbons (Fsp3) is 0. The minimum absolute atomic E-state index is 0. The van der Waals surface area contributed by atoms with E-state index in [-0.39, 0.29) is 20.1 Å². The number of nitrogens with zero attached hydrogens (tertiary/aromatic N) is 2. The molecule has 2 aromatic heterocycles. The monoisotopic (exact) mass is 779 g/mol. The summed E-state index contributed by atoms with van der Waals surface area (Å²) < 4.78 is 0. The van der Waals surface area contributed by atoms with Gasteiger partial charge in [0.15, 0.2) is 0 Å². The summed E-state index contributed by atoms with van der Waals surface area (Å²) in [7, 11) is 0. The molecule has 0 atom stereocenters. The van der Waals surface area contributed by atoms with Crippen molar-refractivity contribution < 1.29 is 20.1 Å². The van der Waals surface area contributed by atoms with Gasteiger partial charge in [-0.3, -0.25) is 4.98 Å². The van der Waals surface area contributed by atoms with Gasteiger partial charge in [-0.2, -0.15) is 0 Å². The minimum Gasteiger partial charge on any atom is -0.305 e. The fourth-order valence-electron chi connectivity index (χ4n) is 5.44. The summed E-state index contributed by atoms with van der Waals surface area (Å²) in [5.41, 5.74) is 12.2. The van der Waals surface area contributed by atoms with E-state index in [0.717, 1.165) is 39.0 Å². The van der Waals surface area contributed by atoms with Crippen LogP contribution in [0.3, 0.4) is 0 Å². The second-order valence-electron chi connectivity index (χ2n) is 10.9. The molecule has 0 aliphatic carbocycles. The van der Waals surface area contributed by atoms with E-state index in [9.17, 15) is 0 Å². The number of aromatic nitrogens is 2. The zero-order chi connectivity index (χ0) is 31.0. The first-order valence-corrected chi connectivity index (χ1v) is 15.3. The molecule has 0 saturated heterocycles. The van der Waals surface area contributed by atoms with E-state index >= 15 is 0 Å². The van der Waals surface area contributed by atoms with Crippen LogP contribution >= 0.6 is 0 Å². The van der Waals surface area contributed by atoms with Crippen molar-refractivity contribution in [2.45, 2.75) is 0 Å². The molecule has 0 N–H and O–H groups in total. The maximum atomic E-state index is 4.75. The number of hydrogen-bond donors (Lipinski definition) is 0. The van der Waals surface area contributed by atoms with Gasteiger partial charge < -0.3 is 4.98 Å². The van der Waals surface area contributed by atoms with Crippen LogP contribution in [0, 0.1) is 12.1 Å². The Bertz CT molecular complexity index is 2180. The second kappa shape index (κ2) is 15.2. The molecule has 227 valence electrons. The number of rotatable bonds is 5. The summed E-state index contributed by atoms with van der Waals surface area (Å²) in [5.74, 6) is 0. The molecule has 2 nitrogen and oxygen atoms in total. The van der Waals surface area contributed by atoms with Gasteiger partial charge in [0.05, 0.1) is 5.52 Å². The smallest absolute Gasteiger partial charge is 0.0595 e.